The first-order valence-corrected chi connectivity index (χ1v) is 10.3. The molecule has 3 aromatic carbocycles. The van der Waals surface area contributed by atoms with Crippen LogP contribution in [0.2, 0.25) is 0 Å². The fourth-order valence-electron chi connectivity index (χ4n) is 3.91. The highest BCUT2D eigenvalue weighted by molar-refractivity contribution is 5.76. The summed E-state index contributed by atoms with van der Waals surface area (Å²) in [5.74, 6) is 2.13. The fraction of sp³-hybridized carbons (Fsp3) is 0.269. The Hall–Kier alpha value is -3.07. The lowest BCUT2D eigenvalue weighted by Crippen LogP contribution is -2.09. The van der Waals surface area contributed by atoms with Crippen LogP contribution in [0.4, 0.5) is 0 Å². The third-order valence-electron chi connectivity index (χ3n) is 5.52. The molecule has 0 aliphatic heterocycles. The molecule has 0 saturated heterocycles. The largest absolute Gasteiger partial charge is 0.493 e. The molecule has 3 nitrogen and oxygen atoms in total. The Kier molecular flexibility index (Phi) is 5.66. The van der Waals surface area contributed by atoms with Crippen LogP contribution in [0.15, 0.2) is 66.7 Å². The summed E-state index contributed by atoms with van der Waals surface area (Å²) < 4.78 is 8.48. The second kappa shape index (κ2) is 8.52. The minimum atomic E-state index is 0.696. The van der Waals surface area contributed by atoms with Crippen molar-refractivity contribution in [1.29, 1.82) is 0 Å². The second-order valence-electron chi connectivity index (χ2n) is 7.69. The van der Waals surface area contributed by atoms with Crippen LogP contribution in [-0.2, 0) is 13.0 Å². The molecule has 1 aromatic heterocycles. The van der Waals surface area contributed by atoms with Crippen molar-refractivity contribution < 1.29 is 4.74 Å². The monoisotopic (exact) mass is 384 g/mol. The molecule has 0 amide bonds. The van der Waals surface area contributed by atoms with Crippen LogP contribution < -0.4 is 4.74 Å². The van der Waals surface area contributed by atoms with Crippen LogP contribution in [0.5, 0.6) is 5.75 Å². The second-order valence-corrected chi connectivity index (χ2v) is 7.69. The smallest absolute Gasteiger partial charge is 0.125 e. The third kappa shape index (κ3) is 4.19. The predicted molar refractivity (Wildman–Crippen MR) is 120 cm³/mol. The van der Waals surface area contributed by atoms with Gasteiger partial charge in [-0.2, -0.15) is 0 Å². The lowest BCUT2D eigenvalue weighted by atomic mass is 10.1. The van der Waals surface area contributed by atoms with E-state index in [0.717, 1.165) is 36.5 Å². The normalized spacial score (nSPS) is 11.1. The summed E-state index contributed by atoms with van der Waals surface area (Å²) in [5.41, 5.74) is 7.28. The lowest BCUT2D eigenvalue weighted by Gasteiger charge is -2.14. The molecule has 0 saturated carbocycles. The van der Waals surface area contributed by atoms with E-state index in [-0.39, 0.29) is 0 Å². The molecule has 0 aliphatic carbocycles. The molecule has 0 aliphatic rings. The van der Waals surface area contributed by atoms with Gasteiger partial charge in [0.1, 0.15) is 11.6 Å². The molecule has 0 unspecified atom stereocenters. The van der Waals surface area contributed by atoms with Crippen LogP contribution in [0, 0.1) is 20.8 Å². The highest BCUT2D eigenvalue weighted by Crippen LogP contribution is 2.23. The van der Waals surface area contributed by atoms with Crippen LogP contribution in [-0.4, -0.2) is 16.2 Å². The number of aromatic nitrogens is 2. The number of benzene rings is 3. The van der Waals surface area contributed by atoms with Gasteiger partial charge in [-0.05, 0) is 61.6 Å². The molecular weight excluding hydrogens is 356 g/mol. The lowest BCUT2D eigenvalue weighted by molar-refractivity contribution is 0.298. The molecule has 4 aromatic rings. The van der Waals surface area contributed by atoms with E-state index in [1.807, 2.05) is 0 Å². The Balaban J connectivity index is 1.52. The number of para-hydroxylation sites is 3. The zero-order valence-electron chi connectivity index (χ0n) is 17.5. The summed E-state index contributed by atoms with van der Waals surface area (Å²) in [6, 6.07) is 23.2. The van der Waals surface area contributed by atoms with Crippen molar-refractivity contribution in [2.24, 2.45) is 0 Å². The first kappa shape index (κ1) is 19.3. The number of hydrogen-bond donors (Lipinski definition) is 0. The van der Waals surface area contributed by atoms with E-state index in [1.54, 1.807) is 0 Å². The van der Waals surface area contributed by atoms with Gasteiger partial charge in [0.05, 0.1) is 17.6 Å². The van der Waals surface area contributed by atoms with E-state index in [0.29, 0.717) is 6.61 Å². The average Bonchev–Trinajstić information content (AvgIpc) is 3.06. The predicted octanol–water partition coefficient (Wildman–Crippen LogP) is 6.02. The molecule has 29 heavy (non-hydrogen) atoms. The molecule has 0 radical (unpaired) electrons. The third-order valence-corrected chi connectivity index (χ3v) is 5.52. The van der Waals surface area contributed by atoms with Gasteiger partial charge in [0, 0.05) is 13.0 Å². The van der Waals surface area contributed by atoms with Gasteiger partial charge in [0.25, 0.3) is 0 Å². The van der Waals surface area contributed by atoms with Gasteiger partial charge < -0.3 is 9.30 Å². The maximum atomic E-state index is 6.12. The number of aryl methyl sites for hydroxylation is 4. The molecule has 0 spiro atoms. The number of hydrogen-bond acceptors (Lipinski definition) is 2. The van der Waals surface area contributed by atoms with Crippen molar-refractivity contribution in [2.45, 2.75) is 40.2 Å². The molecule has 0 fully saturated rings. The summed E-state index contributed by atoms with van der Waals surface area (Å²) in [6.45, 7) is 7.97. The van der Waals surface area contributed by atoms with Crippen molar-refractivity contribution in [2.75, 3.05) is 6.61 Å². The van der Waals surface area contributed by atoms with E-state index in [4.69, 9.17) is 9.72 Å². The minimum Gasteiger partial charge on any atom is -0.493 e. The van der Waals surface area contributed by atoms with E-state index < -0.39 is 0 Å². The molecule has 4 rings (SSSR count). The van der Waals surface area contributed by atoms with Gasteiger partial charge in [0.2, 0.25) is 0 Å². The number of ether oxygens (including phenoxy) is 1. The number of rotatable bonds is 7. The topological polar surface area (TPSA) is 27.1 Å². The zero-order valence-corrected chi connectivity index (χ0v) is 17.5. The summed E-state index contributed by atoms with van der Waals surface area (Å²) in [4.78, 5) is 4.94. The molecule has 1 heterocycles. The Morgan fingerprint density at radius 3 is 2.28 bits per heavy atom. The van der Waals surface area contributed by atoms with Crippen molar-refractivity contribution in [3.63, 3.8) is 0 Å². The Bertz CT molecular complexity index is 1110. The van der Waals surface area contributed by atoms with Gasteiger partial charge in [-0.3, -0.25) is 0 Å². The highest BCUT2D eigenvalue weighted by atomic mass is 16.5. The van der Waals surface area contributed by atoms with Crippen molar-refractivity contribution in [3.8, 4) is 5.75 Å². The Morgan fingerprint density at radius 1 is 0.793 bits per heavy atom. The Morgan fingerprint density at radius 2 is 1.48 bits per heavy atom. The first-order chi connectivity index (χ1) is 14.1. The molecule has 3 heteroatoms. The molecule has 0 N–H and O–H groups in total. The van der Waals surface area contributed by atoms with Crippen LogP contribution in [0.3, 0.4) is 0 Å². The number of imidazole rings is 1. The Labute approximate surface area is 173 Å². The zero-order chi connectivity index (χ0) is 20.2. The maximum absolute atomic E-state index is 6.12. The SMILES string of the molecule is Cc1ccccc1Cc1nc2ccccc2n1CCCOc1c(C)cccc1C. The van der Waals surface area contributed by atoms with Crippen LogP contribution in [0.25, 0.3) is 11.0 Å². The quantitative estimate of drug-likeness (QED) is 0.364. The summed E-state index contributed by atoms with van der Waals surface area (Å²) >= 11 is 0. The molecule has 148 valence electrons. The summed E-state index contributed by atoms with van der Waals surface area (Å²) in [6.07, 6.45) is 1.79. The van der Waals surface area contributed by atoms with Gasteiger partial charge >= 0.3 is 0 Å². The summed E-state index contributed by atoms with van der Waals surface area (Å²) in [5, 5.41) is 0. The van der Waals surface area contributed by atoms with Gasteiger partial charge in [-0.1, -0.05) is 54.6 Å². The van der Waals surface area contributed by atoms with E-state index in [2.05, 4.69) is 92.1 Å². The van der Waals surface area contributed by atoms with Gasteiger partial charge in [-0.25, -0.2) is 4.98 Å². The summed E-state index contributed by atoms with van der Waals surface area (Å²) in [7, 11) is 0. The minimum absolute atomic E-state index is 0.696. The average molecular weight is 385 g/mol. The van der Waals surface area contributed by atoms with Gasteiger partial charge in [-0.15, -0.1) is 0 Å². The number of nitrogens with zero attached hydrogens (tertiary/aromatic N) is 2. The first-order valence-electron chi connectivity index (χ1n) is 10.3. The van der Waals surface area contributed by atoms with Crippen LogP contribution >= 0.6 is 0 Å². The van der Waals surface area contributed by atoms with Crippen molar-refractivity contribution in [3.05, 3.63) is 94.8 Å². The van der Waals surface area contributed by atoms with Crippen LogP contribution in [0.1, 0.15) is 34.5 Å². The molecule has 0 bridgehead atoms. The number of fused-ring (bicyclic) bond motifs is 1. The molecular formula is C26H28N2O. The fourth-order valence-corrected chi connectivity index (χ4v) is 3.91. The standard InChI is InChI=1S/C26H28N2O/c1-19-10-4-5-13-22(19)18-25-27-23-14-6-7-15-24(23)28(25)16-9-17-29-26-20(2)11-8-12-21(26)3/h4-8,10-15H,9,16-18H2,1-3H3. The van der Waals surface area contributed by atoms with Crippen molar-refractivity contribution >= 4 is 11.0 Å². The van der Waals surface area contributed by atoms with E-state index in [1.165, 1.54) is 27.8 Å². The maximum Gasteiger partial charge on any atom is 0.125 e. The van der Waals surface area contributed by atoms with Crippen molar-refractivity contribution in [1.82, 2.24) is 9.55 Å². The highest BCUT2D eigenvalue weighted by Gasteiger charge is 2.12. The van der Waals surface area contributed by atoms with Gasteiger partial charge in [0.15, 0.2) is 0 Å². The molecule has 0 atom stereocenters. The van der Waals surface area contributed by atoms with E-state index >= 15 is 0 Å². The van der Waals surface area contributed by atoms with E-state index in [9.17, 15) is 0 Å².